The van der Waals surface area contributed by atoms with Crippen LogP contribution in [0.5, 0.6) is 11.5 Å². The standard InChI is InChI=1S/C13H16N2O3/c1-17-11-3-2-9(15-7-11)8-18-10-4-5-13(16)12(14)6-10/h2-6,15-16H,7-8,14H2,1H3. The van der Waals surface area contributed by atoms with E-state index in [-0.39, 0.29) is 5.75 Å². The topological polar surface area (TPSA) is 76.7 Å². The van der Waals surface area contributed by atoms with Gasteiger partial charge in [-0.3, -0.25) is 0 Å². The molecule has 0 unspecified atom stereocenters. The van der Waals surface area contributed by atoms with Gasteiger partial charge < -0.3 is 25.6 Å². The summed E-state index contributed by atoms with van der Waals surface area (Å²) >= 11 is 0. The first-order chi connectivity index (χ1) is 8.69. The number of phenols is 1. The molecule has 0 amide bonds. The number of nitrogens with two attached hydrogens (primary N) is 1. The molecule has 2 rings (SSSR count). The van der Waals surface area contributed by atoms with Gasteiger partial charge in [-0.1, -0.05) is 0 Å². The molecule has 0 saturated carbocycles. The van der Waals surface area contributed by atoms with Crippen molar-refractivity contribution in [1.29, 1.82) is 0 Å². The molecule has 0 fully saturated rings. The van der Waals surface area contributed by atoms with E-state index in [4.69, 9.17) is 15.2 Å². The summed E-state index contributed by atoms with van der Waals surface area (Å²) < 4.78 is 10.7. The molecular weight excluding hydrogens is 232 g/mol. The number of anilines is 1. The Hall–Kier alpha value is -2.30. The molecule has 0 spiro atoms. The normalized spacial score (nSPS) is 14.3. The molecule has 0 radical (unpaired) electrons. The molecule has 1 aromatic rings. The van der Waals surface area contributed by atoms with Crippen LogP contribution in [0.2, 0.25) is 0 Å². The highest BCUT2D eigenvalue weighted by atomic mass is 16.5. The van der Waals surface area contributed by atoms with Crippen LogP contribution in [0.3, 0.4) is 0 Å². The monoisotopic (exact) mass is 248 g/mol. The summed E-state index contributed by atoms with van der Waals surface area (Å²) in [7, 11) is 1.64. The first-order valence-electron chi connectivity index (χ1n) is 5.58. The molecule has 96 valence electrons. The molecule has 5 nitrogen and oxygen atoms in total. The number of nitrogen functional groups attached to an aromatic ring is 1. The highest BCUT2D eigenvalue weighted by Gasteiger charge is 2.06. The van der Waals surface area contributed by atoms with Crippen LogP contribution in [-0.2, 0) is 4.74 Å². The summed E-state index contributed by atoms with van der Waals surface area (Å²) in [5.74, 6) is 1.56. The summed E-state index contributed by atoms with van der Waals surface area (Å²) in [4.78, 5) is 0. The maximum Gasteiger partial charge on any atom is 0.138 e. The van der Waals surface area contributed by atoms with Gasteiger partial charge in [-0.05, 0) is 24.3 Å². The quantitative estimate of drug-likeness (QED) is 0.554. The Balaban J connectivity index is 1.94. The third-order valence-electron chi connectivity index (χ3n) is 2.62. The van der Waals surface area contributed by atoms with Gasteiger partial charge in [0.2, 0.25) is 0 Å². The van der Waals surface area contributed by atoms with E-state index >= 15 is 0 Å². The first-order valence-corrected chi connectivity index (χ1v) is 5.58. The number of phenolic OH excluding ortho intramolecular Hbond substituents is 1. The largest absolute Gasteiger partial charge is 0.506 e. The van der Waals surface area contributed by atoms with E-state index in [1.807, 2.05) is 12.2 Å². The number of aromatic hydroxyl groups is 1. The van der Waals surface area contributed by atoms with Crippen molar-refractivity contribution in [3.8, 4) is 11.5 Å². The van der Waals surface area contributed by atoms with Gasteiger partial charge in [-0.25, -0.2) is 0 Å². The molecule has 1 aliphatic heterocycles. The van der Waals surface area contributed by atoms with Gasteiger partial charge in [0.15, 0.2) is 0 Å². The molecule has 0 aliphatic carbocycles. The average Bonchev–Trinajstić information content (AvgIpc) is 2.41. The van der Waals surface area contributed by atoms with Gasteiger partial charge >= 0.3 is 0 Å². The van der Waals surface area contributed by atoms with Crippen LogP contribution < -0.4 is 15.8 Å². The summed E-state index contributed by atoms with van der Waals surface area (Å²) in [6.07, 6.45) is 3.81. The summed E-state index contributed by atoms with van der Waals surface area (Å²) in [5, 5.41) is 12.5. The Morgan fingerprint density at radius 2 is 2.22 bits per heavy atom. The number of allylic oxidation sites excluding steroid dienone is 2. The Kier molecular flexibility index (Phi) is 3.62. The number of dihydropyridines is 1. The Morgan fingerprint density at radius 3 is 2.83 bits per heavy atom. The second-order valence-electron chi connectivity index (χ2n) is 3.89. The number of methoxy groups -OCH3 is 1. The van der Waals surface area contributed by atoms with Gasteiger partial charge in [0.25, 0.3) is 0 Å². The van der Waals surface area contributed by atoms with Crippen molar-refractivity contribution in [2.45, 2.75) is 0 Å². The highest BCUT2D eigenvalue weighted by molar-refractivity contribution is 5.55. The zero-order chi connectivity index (χ0) is 13.0. The zero-order valence-corrected chi connectivity index (χ0v) is 10.1. The molecule has 1 aliphatic rings. The minimum atomic E-state index is 0.0602. The lowest BCUT2D eigenvalue weighted by Gasteiger charge is -2.17. The molecule has 0 aromatic heterocycles. The lowest BCUT2D eigenvalue weighted by molar-refractivity contribution is 0.276. The molecule has 0 saturated heterocycles. The second-order valence-corrected chi connectivity index (χ2v) is 3.89. The third-order valence-corrected chi connectivity index (χ3v) is 2.62. The van der Waals surface area contributed by atoms with Gasteiger partial charge in [0.1, 0.15) is 23.9 Å². The van der Waals surface area contributed by atoms with Crippen molar-refractivity contribution < 1.29 is 14.6 Å². The Bertz CT molecular complexity index is 495. The number of nitrogens with one attached hydrogen (secondary N) is 1. The molecule has 4 N–H and O–H groups in total. The van der Waals surface area contributed by atoms with E-state index < -0.39 is 0 Å². The van der Waals surface area contributed by atoms with E-state index in [0.717, 1.165) is 11.5 Å². The van der Waals surface area contributed by atoms with Crippen molar-refractivity contribution in [2.24, 2.45) is 0 Å². The van der Waals surface area contributed by atoms with Crippen molar-refractivity contribution in [3.05, 3.63) is 41.8 Å². The zero-order valence-electron chi connectivity index (χ0n) is 10.1. The summed E-state index contributed by atoms with van der Waals surface area (Å²) in [6.45, 7) is 1.07. The van der Waals surface area contributed by atoms with Crippen LogP contribution in [0.1, 0.15) is 0 Å². The number of rotatable bonds is 4. The SMILES string of the molecule is COC1=CC=C(COc2ccc(O)c(N)c2)NC1. The van der Waals surface area contributed by atoms with Crippen LogP contribution >= 0.6 is 0 Å². The van der Waals surface area contributed by atoms with Crippen molar-refractivity contribution >= 4 is 5.69 Å². The van der Waals surface area contributed by atoms with Crippen LogP contribution in [0.4, 0.5) is 5.69 Å². The molecule has 1 aromatic carbocycles. The minimum absolute atomic E-state index is 0.0602. The van der Waals surface area contributed by atoms with E-state index in [1.165, 1.54) is 6.07 Å². The molecule has 0 atom stereocenters. The summed E-state index contributed by atoms with van der Waals surface area (Å²) in [5.41, 5.74) is 6.85. The van der Waals surface area contributed by atoms with Crippen LogP contribution in [0.15, 0.2) is 41.8 Å². The predicted molar refractivity (Wildman–Crippen MR) is 69.2 cm³/mol. The van der Waals surface area contributed by atoms with E-state index in [1.54, 1.807) is 19.2 Å². The fraction of sp³-hybridized carbons (Fsp3) is 0.231. The lowest BCUT2D eigenvalue weighted by Crippen LogP contribution is -2.24. The highest BCUT2D eigenvalue weighted by Crippen LogP contribution is 2.25. The fourth-order valence-electron chi connectivity index (χ4n) is 1.53. The molecular formula is C13H16N2O3. The van der Waals surface area contributed by atoms with Gasteiger partial charge in [-0.2, -0.15) is 0 Å². The van der Waals surface area contributed by atoms with E-state index in [2.05, 4.69) is 5.32 Å². The summed E-state index contributed by atoms with van der Waals surface area (Å²) in [6, 6.07) is 4.77. The van der Waals surface area contributed by atoms with Gasteiger partial charge in [0, 0.05) is 11.8 Å². The number of benzene rings is 1. The maximum absolute atomic E-state index is 9.29. The third kappa shape index (κ3) is 2.88. The molecule has 5 heteroatoms. The molecule has 0 bridgehead atoms. The van der Waals surface area contributed by atoms with Crippen LogP contribution in [-0.4, -0.2) is 25.4 Å². The predicted octanol–water partition coefficient (Wildman–Crippen LogP) is 1.37. The van der Waals surface area contributed by atoms with Crippen molar-refractivity contribution in [2.75, 3.05) is 26.0 Å². The average molecular weight is 248 g/mol. The fourth-order valence-corrected chi connectivity index (χ4v) is 1.53. The second kappa shape index (κ2) is 5.35. The van der Waals surface area contributed by atoms with E-state index in [9.17, 15) is 5.11 Å². The van der Waals surface area contributed by atoms with Crippen LogP contribution in [0.25, 0.3) is 0 Å². The Morgan fingerprint density at radius 1 is 1.39 bits per heavy atom. The van der Waals surface area contributed by atoms with Crippen molar-refractivity contribution in [3.63, 3.8) is 0 Å². The van der Waals surface area contributed by atoms with Crippen LogP contribution in [0, 0.1) is 0 Å². The smallest absolute Gasteiger partial charge is 0.138 e. The minimum Gasteiger partial charge on any atom is -0.506 e. The number of ether oxygens (including phenoxy) is 2. The maximum atomic E-state index is 9.29. The molecule has 18 heavy (non-hydrogen) atoms. The molecule has 1 heterocycles. The van der Waals surface area contributed by atoms with Gasteiger partial charge in [0.05, 0.1) is 19.3 Å². The number of hydrogen-bond acceptors (Lipinski definition) is 5. The Labute approximate surface area is 106 Å². The lowest BCUT2D eigenvalue weighted by atomic mass is 10.2. The first kappa shape index (κ1) is 12.2. The number of hydrogen-bond donors (Lipinski definition) is 3. The van der Waals surface area contributed by atoms with E-state index in [0.29, 0.717) is 24.6 Å². The van der Waals surface area contributed by atoms with Gasteiger partial charge in [-0.15, -0.1) is 0 Å². The van der Waals surface area contributed by atoms with Crippen molar-refractivity contribution in [1.82, 2.24) is 5.32 Å².